The number of thiol groups is 1. The van der Waals surface area contributed by atoms with Crippen molar-refractivity contribution in [1.29, 1.82) is 0 Å². The summed E-state index contributed by atoms with van der Waals surface area (Å²) >= 11 is 10.4. The average Bonchev–Trinajstić information content (AvgIpc) is 1.91. The van der Waals surface area contributed by atoms with E-state index in [0.29, 0.717) is 0 Å². The molecule has 0 heterocycles. The van der Waals surface area contributed by atoms with E-state index in [4.69, 9.17) is 12.2 Å². The summed E-state index contributed by atoms with van der Waals surface area (Å²) in [5, 5.41) is 1.56. The lowest BCUT2D eigenvalue weighted by Crippen LogP contribution is -2.44. The fourth-order valence-electron chi connectivity index (χ4n) is 0.370. The normalized spacial score (nSPS) is 9.50. The number of thioether (sulfide) groups is 1. The minimum Gasteiger partial charge on any atom is -0.220 e. The number of thiocarbonyl (C=S) groups is 1. The summed E-state index contributed by atoms with van der Waals surface area (Å²) in [4.78, 5) is 2.59. The van der Waals surface area contributed by atoms with Crippen LogP contribution in [0.4, 0.5) is 0 Å². The smallest absolute Gasteiger partial charge is 0.167 e. The molecule has 0 radical (unpaired) electrons. The molecule has 2 N–H and O–H groups in total. The molecule has 0 aromatic carbocycles. The topological polar surface area (TPSA) is 27.3 Å². The van der Waals surface area contributed by atoms with E-state index < -0.39 is 0 Å². The number of hydrazine groups is 2. The summed E-state index contributed by atoms with van der Waals surface area (Å²) in [6, 6.07) is 0. The first kappa shape index (κ1) is 10.5. The largest absolute Gasteiger partial charge is 0.220 e. The van der Waals surface area contributed by atoms with Crippen molar-refractivity contribution in [2.24, 2.45) is 0 Å². The molecule has 0 aliphatic heterocycles. The van der Waals surface area contributed by atoms with Crippen LogP contribution in [0.2, 0.25) is 0 Å². The number of nitrogens with one attached hydrogen (secondary N) is 2. The molecule has 0 aromatic rings. The van der Waals surface area contributed by atoms with E-state index in [9.17, 15) is 0 Å². The van der Waals surface area contributed by atoms with E-state index in [-0.39, 0.29) is 0 Å². The molecule has 0 unspecified atom stereocenters. The van der Waals surface area contributed by atoms with E-state index in [1.807, 2.05) is 6.92 Å². The van der Waals surface area contributed by atoms with Crippen molar-refractivity contribution >= 4 is 41.1 Å². The molecule has 60 valence electrons. The third kappa shape index (κ3) is 3.62. The molecular formula is C4H11N3S3. The Morgan fingerprint density at radius 3 is 2.70 bits per heavy atom. The highest BCUT2D eigenvalue weighted by atomic mass is 32.2. The SMILES string of the molecule is CCSC(=S)N(NC)NS. The Labute approximate surface area is 76.4 Å². The molecule has 0 atom stereocenters. The van der Waals surface area contributed by atoms with Gasteiger partial charge in [-0.2, -0.15) is 4.83 Å². The van der Waals surface area contributed by atoms with Crippen LogP contribution in [-0.4, -0.2) is 22.2 Å². The van der Waals surface area contributed by atoms with Crippen LogP contribution in [0, 0.1) is 0 Å². The molecule has 0 aliphatic carbocycles. The van der Waals surface area contributed by atoms with Crippen molar-refractivity contribution < 1.29 is 0 Å². The van der Waals surface area contributed by atoms with E-state index in [1.165, 1.54) is 0 Å². The molecule has 0 saturated carbocycles. The lowest BCUT2D eigenvalue weighted by atomic mass is 11.0. The monoisotopic (exact) mass is 197 g/mol. The van der Waals surface area contributed by atoms with Crippen molar-refractivity contribution in [3.8, 4) is 0 Å². The Balaban J connectivity index is 3.65. The lowest BCUT2D eigenvalue weighted by molar-refractivity contribution is 0.330. The Morgan fingerprint density at radius 1 is 1.80 bits per heavy atom. The summed E-state index contributed by atoms with van der Waals surface area (Å²) in [7, 11) is 1.77. The minimum absolute atomic E-state index is 0.736. The molecule has 10 heavy (non-hydrogen) atoms. The summed E-state index contributed by atoms with van der Waals surface area (Å²) < 4.78 is 0.736. The second kappa shape index (κ2) is 6.23. The second-order valence-electron chi connectivity index (χ2n) is 1.36. The third-order valence-corrected chi connectivity index (χ3v) is 2.23. The van der Waals surface area contributed by atoms with Crippen molar-refractivity contribution in [3.05, 3.63) is 0 Å². The summed E-state index contributed by atoms with van der Waals surface area (Å²) in [6.07, 6.45) is 0. The molecule has 0 saturated heterocycles. The van der Waals surface area contributed by atoms with Crippen molar-refractivity contribution in [1.82, 2.24) is 15.4 Å². The van der Waals surface area contributed by atoms with Crippen molar-refractivity contribution in [2.45, 2.75) is 6.92 Å². The van der Waals surface area contributed by atoms with Gasteiger partial charge in [0, 0.05) is 7.05 Å². The highest BCUT2D eigenvalue weighted by molar-refractivity contribution is 8.22. The minimum atomic E-state index is 0.736. The van der Waals surface area contributed by atoms with Crippen LogP contribution in [0.1, 0.15) is 6.92 Å². The van der Waals surface area contributed by atoms with E-state index in [2.05, 4.69) is 23.1 Å². The summed E-state index contributed by atoms with van der Waals surface area (Å²) in [5.41, 5.74) is 2.82. The first-order valence-corrected chi connectivity index (χ1v) is 4.64. The summed E-state index contributed by atoms with van der Waals surface area (Å²) in [5.74, 6) is 0.965. The van der Waals surface area contributed by atoms with E-state index in [1.54, 1.807) is 23.9 Å². The zero-order chi connectivity index (χ0) is 7.98. The lowest BCUT2D eigenvalue weighted by Gasteiger charge is -2.19. The summed E-state index contributed by atoms with van der Waals surface area (Å²) in [6.45, 7) is 2.04. The quantitative estimate of drug-likeness (QED) is 0.354. The number of nitrogens with zero attached hydrogens (tertiary/aromatic N) is 1. The molecule has 0 aliphatic rings. The van der Waals surface area contributed by atoms with Gasteiger partial charge in [-0.1, -0.05) is 31.5 Å². The molecule has 0 amide bonds. The average molecular weight is 197 g/mol. The zero-order valence-corrected chi connectivity index (χ0v) is 8.45. The second-order valence-corrected chi connectivity index (χ2v) is 3.46. The molecule has 0 spiro atoms. The molecule has 6 heteroatoms. The Kier molecular flexibility index (Phi) is 6.55. The number of hydrogen-bond acceptors (Lipinski definition) is 5. The van der Waals surface area contributed by atoms with Crippen LogP contribution in [-0.2, 0) is 0 Å². The van der Waals surface area contributed by atoms with Gasteiger partial charge in [0.2, 0.25) is 0 Å². The fourth-order valence-corrected chi connectivity index (χ4v) is 1.71. The zero-order valence-electron chi connectivity index (χ0n) is 5.92. The molecule has 0 rings (SSSR count). The van der Waals surface area contributed by atoms with Gasteiger partial charge in [0.1, 0.15) is 0 Å². The Hall–Kier alpha value is 0.510. The maximum atomic E-state index is 4.99. The molecular weight excluding hydrogens is 186 g/mol. The van der Waals surface area contributed by atoms with Gasteiger partial charge < -0.3 is 0 Å². The number of hydrogen-bond donors (Lipinski definition) is 3. The number of rotatable bonds is 3. The van der Waals surface area contributed by atoms with Gasteiger partial charge in [-0.3, -0.25) is 0 Å². The van der Waals surface area contributed by atoms with E-state index in [0.717, 1.165) is 10.1 Å². The predicted octanol–water partition coefficient (Wildman–Crippen LogP) is 0.810. The van der Waals surface area contributed by atoms with E-state index >= 15 is 0 Å². The highest BCUT2D eigenvalue weighted by Crippen LogP contribution is 2.04. The van der Waals surface area contributed by atoms with Crippen LogP contribution in [0.25, 0.3) is 0 Å². The Morgan fingerprint density at radius 2 is 2.40 bits per heavy atom. The van der Waals surface area contributed by atoms with Crippen LogP contribution in [0.3, 0.4) is 0 Å². The third-order valence-electron chi connectivity index (χ3n) is 0.774. The van der Waals surface area contributed by atoms with Gasteiger partial charge in [-0.05, 0) is 18.0 Å². The first-order chi connectivity index (χ1) is 4.76. The van der Waals surface area contributed by atoms with Gasteiger partial charge in [0.05, 0.1) is 0 Å². The molecule has 3 nitrogen and oxygen atoms in total. The predicted molar refractivity (Wildman–Crippen MR) is 53.8 cm³/mol. The van der Waals surface area contributed by atoms with Gasteiger partial charge in [-0.25, -0.2) is 10.5 Å². The van der Waals surface area contributed by atoms with Gasteiger partial charge >= 0.3 is 0 Å². The van der Waals surface area contributed by atoms with Crippen LogP contribution in [0.15, 0.2) is 0 Å². The van der Waals surface area contributed by atoms with Gasteiger partial charge in [0.25, 0.3) is 0 Å². The molecule has 0 aromatic heterocycles. The van der Waals surface area contributed by atoms with Crippen LogP contribution >= 0.6 is 36.8 Å². The standard InChI is InChI=1S/C4H11N3S3/c1-3-10-4(8)7(5-2)6-9/h5-6,9H,3H2,1-2H3. The van der Waals surface area contributed by atoms with Gasteiger partial charge in [-0.15, -0.1) is 0 Å². The van der Waals surface area contributed by atoms with Crippen molar-refractivity contribution in [2.75, 3.05) is 12.8 Å². The van der Waals surface area contributed by atoms with Gasteiger partial charge in [0.15, 0.2) is 4.32 Å². The highest BCUT2D eigenvalue weighted by Gasteiger charge is 2.03. The molecule has 0 bridgehead atoms. The first-order valence-electron chi connectivity index (χ1n) is 2.80. The van der Waals surface area contributed by atoms with Crippen LogP contribution < -0.4 is 10.3 Å². The van der Waals surface area contributed by atoms with Crippen molar-refractivity contribution in [3.63, 3.8) is 0 Å². The fraction of sp³-hybridized carbons (Fsp3) is 0.750. The maximum absolute atomic E-state index is 4.99. The van der Waals surface area contributed by atoms with Crippen LogP contribution in [0.5, 0.6) is 0 Å². The maximum Gasteiger partial charge on any atom is 0.167 e. The Bertz CT molecular complexity index is 104. The molecule has 0 fully saturated rings.